The molecule has 9 heteroatoms. The van der Waals surface area contributed by atoms with E-state index >= 15 is 0 Å². The molecule has 1 amide bonds. The summed E-state index contributed by atoms with van der Waals surface area (Å²) in [4.78, 5) is 29.7. The molecule has 1 unspecified atom stereocenters. The molecule has 198 valence electrons. The van der Waals surface area contributed by atoms with Gasteiger partial charge in [-0.15, -0.1) is 0 Å². The maximum atomic E-state index is 13.2. The molecule has 3 N–H and O–H groups in total. The third-order valence-electron chi connectivity index (χ3n) is 7.03. The number of rotatable bonds is 8. The highest BCUT2D eigenvalue weighted by molar-refractivity contribution is 5.86. The minimum atomic E-state index is -0.845. The lowest BCUT2D eigenvalue weighted by Gasteiger charge is -2.20. The van der Waals surface area contributed by atoms with Crippen LogP contribution in [-0.2, 0) is 11.2 Å². The predicted molar refractivity (Wildman–Crippen MR) is 145 cm³/mol. The quantitative estimate of drug-likeness (QED) is 0.253. The van der Waals surface area contributed by atoms with Gasteiger partial charge in [0.25, 0.3) is 0 Å². The van der Waals surface area contributed by atoms with Crippen molar-refractivity contribution < 1.29 is 28.5 Å². The van der Waals surface area contributed by atoms with Crippen molar-refractivity contribution >= 4 is 27.8 Å². The summed E-state index contributed by atoms with van der Waals surface area (Å²) >= 11 is 0. The van der Waals surface area contributed by atoms with Crippen molar-refractivity contribution in [3.8, 4) is 23.0 Å². The van der Waals surface area contributed by atoms with E-state index in [4.69, 9.17) is 18.6 Å². The van der Waals surface area contributed by atoms with Crippen molar-refractivity contribution in [2.75, 3.05) is 20.4 Å². The zero-order valence-electron chi connectivity index (χ0n) is 21.2. The van der Waals surface area contributed by atoms with Crippen molar-refractivity contribution in [3.05, 3.63) is 94.0 Å². The smallest absolute Gasteiger partial charge is 0.343 e. The molecule has 9 nitrogen and oxygen atoms in total. The number of hydrogen-bond donors (Lipinski definition) is 3. The fraction of sp³-hybridized carbons (Fsp3) is 0.200. The van der Waals surface area contributed by atoms with Crippen LogP contribution in [0.3, 0.4) is 0 Å². The van der Waals surface area contributed by atoms with Crippen LogP contribution in [0.5, 0.6) is 23.0 Å². The molecule has 0 aliphatic carbocycles. The van der Waals surface area contributed by atoms with Crippen LogP contribution in [0, 0.1) is 0 Å². The Bertz CT molecular complexity index is 1750. The van der Waals surface area contributed by atoms with Gasteiger partial charge in [0.1, 0.15) is 11.3 Å². The lowest BCUT2D eigenvalue weighted by Crippen LogP contribution is -2.28. The Balaban J connectivity index is 1.32. The van der Waals surface area contributed by atoms with Crippen LogP contribution in [-0.4, -0.2) is 36.4 Å². The van der Waals surface area contributed by atoms with E-state index in [1.807, 2.05) is 30.5 Å². The second-order valence-electron chi connectivity index (χ2n) is 9.32. The monoisotopic (exact) mass is 526 g/mol. The number of nitrogens with one attached hydrogen (secondary N) is 2. The number of amides is 1. The van der Waals surface area contributed by atoms with Gasteiger partial charge in [0.2, 0.25) is 18.4 Å². The van der Waals surface area contributed by atoms with Crippen LogP contribution < -0.4 is 25.2 Å². The molecule has 0 saturated carbocycles. The molecule has 1 atom stereocenters. The van der Waals surface area contributed by atoms with Gasteiger partial charge < -0.3 is 34.0 Å². The summed E-state index contributed by atoms with van der Waals surface area (Å²) < 4.78 is 22.1. The molecular weight excluding hydrogens is 500 g/mol. The largest absolute Gasteiger partial charge is 0.507 e. The number of aromatic amines is 1. The molecule has 1 aliphatic rings. The predicted octanol–water partition coefficient (Wildman–Crippen LogP) is 4.60. The second kappa shape index (κ2) is 10.1. The fourth-order valence-corrected chi connectivity index (χ4v) is 5.13. The van der Waals surface area contributed by atoms with E-state index in [2.05, 4.69) is 10.3 Å². The molecule has 0 bridgehead atoms. The number of aromatic nitrogens is 1. The maximum Gasteiger partial charge on any atom is 0.343 e. The Kier molecular flexibility index (Phi) is 6.32. The Labute approximate surface area is 222 Å². The summed E-state index contributed by atoms with van der Waals surface area (Å²) in [6.07, 6.45) is 2.45. The maximum absolute atomic E-state index is 13.2. The third kappa shape index (κ3) is 4.52. The van der Waals surface area contributed by atoms with Crippen molar-refractivity contribution in [2.45, 2.75) is 18.8 Å². The summed E-state index contributed by atoms with van der Waals surface area (Å²) in [6, 6.07) is 18.1. The number of benzene rings is 3. The fourth-order valence-electron chi connectivity index (χ4n) is 5.13. The second-order valence-corrected chi connectivity index (χ2v) is 9.32. The van der Waals surface area contributed by atoms with E-state index in [1.54, 1.807) is 36.4 Å². The van der Waals surface area contributed by atoms with E-state index in [-0.39, 0.29) is 36.0 Å². The molecule has 3 aromatic carbocycles. The third-order valence-corrected chi connectivity index (χ3v) is 7.03. The van der Waals surface area contributed by atoms with E-state index in [9.17, 15) is 14.7 Å². The number of carbonyl (C=O) groups is 1. The number of hydrogen-bond acceptors (Lipinski definition) is 7. The van der Waals surface area contributed by atoms with Gasteiger partial charge in [-0.3, -0.25) is 4.79 Å². The summed E-state index contributed by atoms with van der Waals surface area (Å²) in [5, 5.41) is 15.7. The van der Waals surface area contributed by atoms with Gasteiger partial charge >= 0.3 is 5.63 Å². The van der Waals surface area contributed by atoms with Crippen LogP contribution in [0.1, 0.15) is 29.0 Å². The first-order valence-corrected chi connectivity index (χ1v) is 12.6. The van der Waals surface area contributed by atoms with E-state index < -0.39 is 11.5 Å². The van der Waals surface area contributed by atoms with Gasteiger partial charge in [0.15, 0.2) is 11.5 Å². The molecular formula is C30H26N2O7. The van der Waals surface area contributed by atoms with Gasteiger partial charge in [-0.1, -0.05) is 30.3 Å². The van der Waals surface area contributed by atoms with E-state index in [0.717, 1.165) is 16.5 Å². The topological polar surface area (TPSA) is 123 Å². The molecule has 0 radical (unpaired) electrons. The van der Waals surface area contributed by atoms with Crippen molar-refractivity contribution in [2.24, 2.45) is 0 Å². The molecule has 0 fully saturated rings. The van der Waals surface area contributed by atoms with E-state index in [0.29, 0.717) is 41.2 Å². The highest BCUT2D eigenvalue weighted by Crippen LogP contribution is 2.46. The minimum Gasteiger partial charge on any atom is -0.507 e. The van der Waals surface area contributed by atoms with Gasteiger partial charge in [0.05, 0.1) is 18.1 Å². The summed E-state index contributed by atoms with van der Waals surface area (Å²) in [5.74, 6) is -0.0908. The normalized spacial score (nSPS) is 13.1. The summed E-state index contributed by atoms with van der Waals surface area (Å²) in [6.45, 7) is 0.424. The van der Waals surface area contributed by atoms with Crippen LogP contribution in [0.4, 0.5) is 0 Å². The number of methoxy groups -OCH3 is 1. The van der Waals surface area contributed by atoms with Gasteiger partial charge in [-0.25, -0.2) is 4.79 Å². The van der Waals surface area contributed by atoms with Gasteiger partial charge in [0, 0.05) is 36.0 Å². The number of fused-ring (bicyclic) bond motifs is 3. The molecule has 39 heavy (non-hydrogen) atoms. The number of para-hydroxylation sites is 2. The van der Waals surface area contributed by atoms with Crippen molar-refractivity contribution in [1.29, 1.82) is 0 Å². The first kappa shape index (κ1) is 24.4. The van der Waals surface area contributed by atoms with Crippen LogP contribution in [0.2, 0.25) is 0 Å². The Hall–Kier alpha value is -4.92. The standard InChI is InChI=1S/C30H26N2O7/c1-36-24-12-18(13-25-29(24)38-16-37-25)21(27-28(34)20-7-3-5-9-23(20)39-30(27)35)14-26(33)31-11-10-17-15-32-22-8-4-2-6-19(17)22/h2-9,12-13,15,21,32,34H,10-11,14,16H2,1H3,(H,31,33). The van der Waals surface area contributed by atoms with Gasteiger partial charge in [-0.05, 0) is 47.9 Å². The van der Waals surface area contributed by atoms with E-state index in [1.165, 1.54) is 7.11 Å². The van der Waals surface area contributed by atoms with Crippen LogP contribution in [0.25, 0.3) is 21.9 Å². The number of aromatic hydroxyl groups is 1. The van der Waals surface area contributed by atoms with Crippen molar-refractivity contribution in [1.82, 2.24) is 10.3 Å². The van der Waals surface area contributed by atoms with Crippen molar-refractivity contribution in [3.63, 3.8) is 0 Å². The Morgan fingerprint density at radius 3 is 2.74 bits per heavy atom. The Morgan fingerprint density at radius 1 is 1.10 bits per heavy atom. The molecule has 0 spiro atoms. The number of carbonyl (C=O) groups excluding carboxylic acids is 1. The average molecular weight is 527 g/mol. The zero-order valence-corrected chi connectivity index (χ0v) is 21.2. The van der Waals surface area contributed by atoms with Crippen LogP contribution in [0.15, 0.2) is 76.1 Å². The first-order valence-electron chi connectivity index (χ1n) is 12.6. The molecule has 0 saturated heterocycles. The first-order chi connectivity index (χ1) is 19.0. The summed E-state index contributed by atoms with van der Waals surface area (Å²) in [7, 11) is 1.50. The lowest BCUT2D eigenvalue weighted by atomic mass is 9.87. The Morgan fingerprint density at radius 2 is 1.90 bits per heavy atom. The molecule has 3 heterocycles. The lowest BCUT2D eigenvalue weighted by molar-refractivity contribution is -0.121. The average Bonchev–Trinajstić information content (AvgIpc) is 3.59. The highest BCUT2D eigenvalue weighted by atomic mass is 16.7. The molecule has 2 aromatic heterocycles. The molecule has 6 rings (SSSR count). The van der Waals surface area contributed by atoms with Gasteiger partial charge in [-0.2, -0.15) is 0 Å². The molecule has 1 aliphatic heterocycles. The SMILES string of the molecule is COc1cc(C(CC(=O)NCCc2c[nH]c3ccccc23)c2c(O)c3ccccc3oc2=O)cc2c1OCO2. The molecule has 5 aromatic rings. The highest BCUT2D eigenvalue weighted by Gasteiger charge is 2.30. The number of ether oxygens (including phenoxy) is 3. The zero-order chi connectivity index (χ0) is 26.9. The minimum absolute atomic E-state index is 0.0126. The summed E-state index contributed by atoms with van der Waals surface area (Å²) in [5.41, 5.74) is 2.19. The van der Waals surface area contributed by atoms with Crippen LogP contribution >= 0.6 is 0 Å². The number of H-pyrrole nitrogens is 1.